The summed E-state index contributed by atoms with van der Waals surface area (Å²) in [6.45, 7) is 3.99. The predicted octanol–water partition coefficient (Wildman–Crippen LogP) is 3.15. The van der Waals surface area contributed by atoms with Crippen LogP contribution in [0.15, 0.2) is 30.5 Å². The Morgan fingerprint density at radius 2 is 2.17 bits per heavy atom. The van der Waals surface area contributed by atoms with Crippen molar-refractivity contribution in [2.45, 2.75) is 32.7 Å². The summed E-state index contributed by atoms with van der Waals surface area (Å²) in [5, 5.41) is 8.26. The number of amides is 1. The monoisotopic (exact) mass is 328 g/mol. The fourth-order valence-electron chi connectivity index (χ4n) is 2.58. The van der Waals surface area contributed by atoms with Crippen molar-refractivity contribution in [3.63, 3.8) is 0 Å². The number of carbonyl (C=O) groups is 1. The molecule has 0 fully saturated rings. The first kappa shape index (κ1) is 15.7. The van der Waals surface area contributed by atoms with Gasteiger partial charge in [-0.3, -0.25) is 9.48 Å². The Balaban J connectivity index is 1.58. The van der Waals surface area contributed by atoms with Gasteiger partial charge in [0.1, 0.15) is 0 Å². The number of nitrogens with zero attached hydrogens (tertiary/aromatic N) is 3. The lowest BCUT2D eigenvalue weighted by atomic mass is 10.1. The zero-order valence-corrected chi connectivity index (χ0v) is 14.4. The molecule has 1 N–H and O–H groups in total. The molecule has 0 aliphatic heterocycles. The molecule has 23 heavy (non-hydrogen) atoms. The van der Waals surface area contributed by atoms with E-state index in [0.29, 0.717) is 12.8 Å². The smallest absolute Gasteiger partial charge is 0.220 e. The van der Waals surface area contributed by atoms with Crippen LogP contribution in [0.1, 0.15) is 35.7 Å². The molecule has 0 saturated carbocycles. The van der Waals surface area contributed by atoms with Gasteiger partial charge in [-0.2, -0.15) is 5.10 Å². The van der Waals surface area contributed by atoms with Crippen LogP contribution in [0.25, 0.3) is 10.2 Å². The Morgan fingerprint density at radius 3 is 2.87 bits per heavy atom. The van der Waals surface area contributed by atoms with Gasteiger partial charge in [0, 0.05) is 31.1 Å². The molecule has 3 rings (SSSR count). The first-order valence-electron chi connectivity index (χ1n) is 7.67. The summed E-state index contributed by atoms with van der Waals surface area (Å²) in [7, 11) is 1.90. The number of aryl methyl sites for hydroxylation is 2. The maximum atomic E-state index is 12.2. The number of benzene rings is 1. The topological polar surface area (TPSA) is 59.8 Å². The van der Waals surface area contributed by atoms with E-state index in [9.17, 15) is 4.79 Å². The van der Waals surface area contributed by atoms with Crippen molar-refractivity contribution in [3.8, 4) is 0 Å². The second-order valence-corrected chi connectivity index (χ2v) is 6.79. The molecule has 0 spiro atoms. The minimum atomic E-state index is -0.0356. The summed E-state index contributed by atoms with van der Waals surface area (Å²) in [5.41, 5.74) is 3.14. The fourth-order valence-corrected chi connectivity index (χ4v) is 3.55. The van der Waals surface area contributed by atoms with E-state index in [1.54, 1.807) is 11.3 Å². The van der Waals surface area contributed by atoms with Crippen molar-refractivity contribution >= 4 is 27.5 Å². The highest BCUT2D eigenvalue weighted by atomic mass is 32.1. The second kappa shape index (κ2) is 6.50. The van der Waals surface area contributed by atoms with Gasteiger partial charge in [0.25, 0.3) is 0 Å². The number of carbonyl (C=O) groups excluding carboxylic acids is 1. The van der Waals surface area contributed by atoms with Crippen molar-refractivity contribution in [3.05, 3.63) is 46.7 Å². The van der Waals surface area contributed by atoms with E-state index in [4.69, 9.17) is 0 Å². The number of aromatic nitrogens is 3. The Labute approximate surface area is 139 Å². The van der Waals surface area contributed by atoms with Gasteiger partial charge in [0.2, 0.25) is 5.91 Å². The average molecular weight is 328 g/mol. The molecule has 2 heterocycles. The third-order valence-electron chi connectivity index (χ3n) is 4.02. The van der Waals surface area contributed by atoms with Crippen molar-refractivity contribution in [1.29, 1.82) is 0 Å². The van der Waals surface area contributed by atoms with E-state index in [2.05, 4.69) is 21.5 Å². The van der Waals surface area contributed by atoms with Crippen LogP contribution < -0.4 is 5.32 Å². The van der Waals surface area contributed by atoms with Gasteiger partial charge in [-0.25, -0.2) is 4.98 Å². The summed E-state index contributed by atoms with van der Waals surface area (Å²) in [6, 6.07) is 8.02. The number of hydrogen-bond donors (Lipinski definition) is 1. The van der Waals surface area contributed by atoms with E-state index in [0.717, 1.165) is 21.8 Å². The summed E-state index contributed by atoms with van der Waals surface area (Å²) >= 11 is 1.66. The summed E-state index contributed by atoms with van der Waals surface area (Å²) in [4.78, 5) is 16.7. The van der Waals surface area contributed by atoms with Crippen LogP contribution in [0.5, 0.6) is 0 Å². The molecule has 0 aliphatic rings. The highest BCUT2D eigenvalue weighted by molar-refractivity contribution is 7.18. The summed E-state index contributed by atoms with van der Waals surface area (Å²) in [5.74, 6) is 0.0417. The Kier molecular flexibility index (Phi) is 4.43. The summed E-state index contributed by atoms with van der Waals surface area (Å²) < 4.78 is 2.99. The average Bonchev–Trinajstić information content (AvgIpc) is 3.09. The van der Waals surface area contributed by atoms with E-state index in [-0.39, 0.29) is 11.9 Å². The Bertz CT molecular complexity index is 803. The van der Waals surface area contributed by atoms with Gasteiger partial charge in [-0.1, -0.05) is 12.1 Å². The zero-order valence-electron chi connectivity index (χ0n) is 13.5. The summed E-state index contributed by atoms with van der Waals surface area (Å²) in [6.07, 6.45) is 2.93. The van der Waals surface area contributed by atoms with Crippen molar-refractivity contribution < 1.29 is 4.79 Å². The van der Waals surface area contributed by atoms with Crippen LogP contribution in [-0.2, 0) is 18.3 Å². The standard InChI is InChI=1S/C17H20N4OS/c1-11(13-10-18-21(3)12(13)2)19-16(22)8-9-17-20-14-6-4-5-7-15(14)23-17/h4-7,10-11H,8-9H2,1-3H3,(H,19,22)/t11-/m1/s1. The molecular formula is C17H20N4OS. The molecule has 6 heteroatoms. The quantitative estimate of drug-likeness (QED) is 0.783. The van der Waals surface area contributed by atoms with Crippen LogP contribution in [0.4, 0.5) is 0 Å². The zero-order chi connectivity index (χ0) is 16.4. The molecule has 120 valence electrons. The highest BCUT2D eigenvalue weighted by Crippen LogP contribution is 2.22. The maximum absolute atomic E-state index is 12.2. The number of thiazole rings is 1. The molecule has 0 radical (unpaired) electrons. The lowest BCUT2D eigenvalue weighted by Gasteiger charge is -2.13. The molecule has 0 saturated heterocycles. The van der Waals surface area contributed by atoms with E-state index >= 15 is 0 Å². The number of para-hydroxylation sites is 1. The second-order valence-electron chi connectivity index (χ2n) is 5.67. The van der Waals surface area contributed by atoms with E-state index in [1.165, 1.54) is 4.70 Å². The van der Waals surface area contributed by atoms with E-state index < -0.39 is 0 Å². The van der Waals surface area contributed by atoms with Crippen LogP contribution in [0.3, 0.4) is 0 Å². The van der Waals surface area contributed by atoms with Crippen LogP contribution in [0.2, 0.25) is 0 Å². The Hall–Kier alpha value is -2.21. The predicted molar refractivity (Wildman–Crippen MR) is 92.4 cm³/mol. The molecule has 3 aromatic rings. The third kappa shape index (κ3) is 3.42. The van der Waals surface area contributed by atoms with Crippen molar-refractivity contribution in [2.75, 3.05) is 0 Å². The molecule has 0 unspecified atom stereocenters. The van der Waals surface area contributed by atoms with Gasteiger partial charge in [-0.15, -0.1) is 11.3 Å². The van der Waals surface area contributed by atoms with Gasteiger partial charge in [-0.05, 0) is 26.0 Å². The molecule has 5 nitrogen and oxygen atoms in total. The SMILES string of the molecule is Cc1c([C@@H](C)NC(=O)CCc2nc3ccccc3s2)cnn1C. The van der Waals surface area contributed by atoms with Crippen molar-refractivity contribution in [2.24, 2.45) is 7.05 Å². The van der Waals surface area contributed by atoms with E-state index in [1.807, 2.05) is 50.0 Å². The fraction of sp³-hybridized carbons (Fsp3) is 0.353. The van der Waals surface area contributed by atoms with Gasteiger partial charge in [0.15, 0.2) is 0 Å². The lowest BCUT2D eigenvalue weighted by Crippen LogP contribution is -2.27. The normalized spacial score (nSPS) is 12.5. The molecule has 0 bridgehead atoms. The van der Waals surface area contributed by atoms with Gasteiger partial charge >= 0.3 is 0 Å². The maximum Gasteiger partial charge on any atom is 0.220 e. The molecule has 1 atom stereocenters. The Morgan fingerprint density at radius 1 is 1.39 bits per heavy atom. The molecule has 1 amide bonds. The van der Waals surface area contributed by atoms with Gasteiger partial charge < -0.3 is 5.32 Å². The number of hydrogen-bond acceptors (Lipinski definition) is 4. The highest BCUT2D eigenvalue weighted by Gasteiger charge is 2.15. The number of rotatable bonds is 5. The van der Waals surface area contributed by atoms with Gasteiger partial charge in [0.05, 0.1) is 27.5 Å². The molecular weight excluding hydrogens is 308 g/mol. The van der Waals surface area contributed by atoms with Crippen LogP contribution >= 0.6 is 11.3 Å². The molecule has 1 aromatic carbocycles. The minimum Gasteiger partial charge on any atom is -0.349 e. The molecule has 2 aromatic heterocycles. The van der Waals surface area contributed by atoms with Crippen LogP contribution in [-0.4, -0.2) is 20.7 Å². The van der Waals surface area contributed by atoms with Crippen molar-refractivity contribution in [1.82, 2.24) is 20.1 Å². The first-order valence-corrected chi connectivity index (χ1v) is 8.48. The largest absolute Gasteiger partial charge is 0.349 e. The third-order valence-corrected chi connectivity index (χ3v) is 5.12. The number of fused-ring (bicyclic) bond motifs is 1. The number of nitrogens with one attached hydrogen (secondary N) is 1. The molecule has 0 aliphatic carbocycles. The first-order chi connectivity index (χ1) is 11.0. The minimum absolute atomic E-state index is 0.0356. The van der Waals surface area contributed by atoms with Crippen LogP contribution in [0, 0.1) is 6.92 Å². The lowest BCUT2D eigenvalue weighted by molar-refractivity contribution is -0.121.